The molecule has 1 rings (SSSR count). The molecule has 1 heterocycles. The van der Waals surface area contributed by atoms with Gasteiger partial charge in [0.25, 0.3) is 5.91 Å². The molecule has 0 aliphatic heterocycles. The zero-order valence-electron chi connectivity index (χ0n) is 12.2. The number of amides is 2. The molecule has 116 valence electrons. The lowest BCUT2D eigenvalue weighted by Gasteiger charge is -2.22. The summed E-state index contributed by atoms with van der Waals surface area (Å²) in [6.45, 7) is 4.96. The summed E-state index contributed by atoms with van der Waals surface area (Å²) in [6, 6.07) is 1.42. The molecule has 21 heavy (non-hydrogen) atoms. The van der Waals surface area contributed by atoms with Crippen LogP contribution in [0.2, 0.25) is 10.2 Å². The van der Waals surface area contributed by atoms with Gasteiger partial charge in [0, 0.05) is 19.3 Å². The quantitative estimate of drug-likeness (QED) is 0.781. The highest BCUT2D eigenvalue weighted by atomic mass is 35.5. The topological polar surface area (TPSA) is 62.3 Å². The number of halogens is 2. The molecular weight excluding hydrogens is 313 g/mol. The molecule has 2 amide bonds. The highest BCUT2D eigenvalue weighted by Crippen LogP contribution is 2.20. The molecule has 0 aliphatic carbocycles. The van der Waals surface area contributed by atoms with Crippen LogP contribution in [0, 0.1) is 0 Å². The minimum absolute atomic E-state index is 0.00292. The van der Waals surface area contributed by atoms with E-state index in [0.717, 1.165) is 12.8 Å². The number of carbonyl (C=O) groups is 2. The van der Waals surface area contributed by atoms with E-state index in [1.54, 1.807) is 0 Å². The van der Waals surface area contributed by atoms with Gasteiger partial charge in [-0.2, -0.15) is 0 Å². The van der Waals surface area contributed by atoms with E-state index < -0.39 is 0 Å². The van der Waals surface area contributed by atoms with Crippen molar-refractivity contribution in [1.29, 1.82) is 0 Å². The van der Waals surface area contributed by atoms with Crippen LogP contribution in [-0.2, 0) is 4.79 Å². The fraction of sp³-hybridized carbons (Fsp3) is 0.500. The Hall–Kier alpha value is -1.33. The first-order valence-electron chi connectivity index (χ1n) is 6.86. The predicted molar refractivity (Wildman–Crippen MR) is 83.8 cm³/mol. The molecule has 0 spiro atoms. The van der Waals surface area contributed by atoms with E-state index in [1.807, 2.05) is 13.8 Å². The first-order valence-corrected chi connectivity index (χ1v) is 7.62. The smallest absolute Gasteiger partial charge is 0.256 e. The van der Waals surface area contributed by atoms with Crippen LogP contribution in [0.5, 0.6) is 0 Å². The second kappa shape index (κ2) is 8.85. The Morgan fingerprint density at radius 3 is 2.62 bits per heavy atom. The third-order valence-corrected chi connectivity index (χ3v) is 3.25. The minimum atomic E-state index is -0.321. The summed E-state index contributed by atoms with van der Waals surface area (Å²) < 4.78 is 0. The molecule has 1 aromatic heterocycles. The Labute approximate surface area is 134 Å². The van der Waals surface area contributed by atoms with Crippen LogP contribution in [0.15, 0.2) is 12.3 Å². The van der Waals surface area contributed by atoms with Gasteiger partial charge >= 0.3 is 0 Å². The highest BCUT2D eigenvalue weighted by molar-refractivity contribution is 6.35. The summed E-state index contributed by atoms with van der Waals surface area (Å²) >= 11 is 11.8. The maximum Gasteiger partial charge on any atom is 0.256 e. The van der Waals surface area contributed by atoms with Gasteiger partial charge in [-0.25, -0.2) is 4.98 Å². The number of nitrogens with zero attached hydrogens (tertiary/aromatic N) is 2. The van der Waals surface area contributed by atoms with Crippen molar-refractivity contribution in [2.75, 3.05) is 19.6 Å². The van der Waals surface area contributed by atoms with E-state index >= 15 is 0 Å². The molecular formula is C14H19Cl2N3O2. The largest absolute Gasteiger partial charge is 0.355 e. The third kappa shape index (κ3) is 5.52. The first kappa shape index (κ1) is 17.7. The molecule has 0 atom stereocenters. The molecule has 0 saturated carbocycles. The first-order chi connectivity index (χ1) is 9.99. The van der Waals surface area contributed by atoms with Crippen molar-refractivity contribution in [3.8, 4) is 0 Å². The SMILES string of the molecule is CCCNC(=O)CN(CCC)C(=O)c1cc(Cl)ncc1Cl. The third-order valence-electron chi connectivity index (χ3n) is 2.74. The summed E-state index contributed by atoms with van der Waals surface area (Å²) in [6.07, 6.45) is 2.92. The van der Waals surface area contributed by atoms with Gasteiger partial charge in [0.15, 0.2) is 0 Å². The monoisotopic (exact) mass is 331 g/mol. The van der Waals surface area contributed by atoms with Crippen LogP contribution in [0.3, 0.4) is 0 Å². The summed E-state index contributed by atoms with van der Waals surface area (Å²) in [5.41, 5.74) is 0.258. The van der Waals surface area contributed by atoms with Gasteiger partial charge in [0.2, 0.25) is 5.91 Å². The van der Waals surface area contributed by atoms with E-state index in [1.165, 1.54) is 17.2 Å². The second-order valence-electron chi connectivity index (χ2n) is 4.56. The van der Waals surface area contributed by atoms with Crippen LogP contribution >= 0.6 is 23.2 Å². The molecule has 0 unspecified atom stereocenters. The van der Waals surface area contributed by atoms with Crippen LogP contribution in [-0.4, -0.2) is 41.3 Å². The number of pyridine rings is 1. The Kier molecular flexibility index (Phi) is 7.47. The molecule has 0 aromatic carbocycles. The van der Waals surface area contributed by atoms with Gasteiger partial charge < -0.3 is 10.2 Å². The van der Waals surface area contributed by atoms with Gasteiger partial charge in [-0.1, -0.05) is 37.0 Å². The van der Waals surface area contributed by atoms with Crippen molar-refractivity contribution in [1.82, 2.24) is 15.2 Å². The molecule has 0 aliphatic rings. The van der Waals surface area contributed by atoms with Gasteiger partial charge in [-0.05, 0) is 18.9 Å². The molecule has 0 saturated heterocycles. The van der Waals surface area contributed by atoms with Crippen molar-refractivity contribution >= 4 is 35.0 Å². The minimum Gasteiger partial charge on any atom is -0.355 e. The van der Waals surface area contributed by atoms with E-state index in [4.69, 9.17) is 23.2 Å². The molecule has 7 heteroatoms. The molecule has 0 fully saturated rings. The zero-order chi connectivity index (χ0) is 15.8. The van der Waals surface area contributed by atoms with Gasteiger partial charge in [0.1, 0.15) is 5.15 Å². The van der Waals surface area contributed by atoms with E-state index in [0.29, 0.717) is 13.1 Å². The Balaban J connectivity index is 2.86. The predicted octanol–water partition coefficient (Wildman–Crippen LogP) is 2.77. The van der Waals surface area contributed by atoms with E-state index in [2.05, 4.69) is 10.3 Å². The van der Waals surface area contributed by atoms with Gasteiger partial charge in [-0.15, -0.1) is 0 Å². The molecule has 1 N–H and O–H groups in total. The van der Waals surface area contributed by atoms with Crippen LogP contribution in [0.4, 0.5) is 0 Å². The number of aromatic nitrogens is 1. The van der Waals surface area contributed by atoms with Crippen molar-refractivity contribution in [2.45, 2.75) is 26.7 Å². The molecule has 1 aromatic rings. The van der Waals surface area contributed by atoms with Crippen molar-refractivity contribution in [3.05, 3.63) is 28.0 Å². The number of nitrogens with one attached hydrogen (secondary N) is 1. The van der Waals surface area contributed by atoms with Crippen LogP contribution in [0.25, 0.3) is 0 Å². The summed E-state index contributed by atoms with van der Waals surface area (Å²) in [4.78, 5) is 29.6. The summed E-state index contributed by atoms with van der Waals surface area (Å²) in [5.74, 6) is -0.507. The van der Waals surface area contributed by atoms with Crippen molar-refractivity contribution in [3.63, 3.8) is 0 Å². The van der Waals surface area contributed by atoms with E-state index in [-0.39, 0.29) is 34.1 Å². The lowest BCUT2D eigenvalue weighted by Crippen LogP contribution is -2.41. The lowest BCUT2D eigenvalue weighted by molar-refractivity contribution is -0.121. The van der Waals surface area contributed by atoms with Crippen molar-refractivity contribution < 1.29 is 9.59 Å². The summed E-state index contributed by atoms with van der Waals surface area (Å²) in [5, 5.41) is 3.16. The number of hydrogen-bond acceptors (Lipinski definition) is 3. The maximum atomic E-state index is 12.5. The van der Waals surface area contributed by atoms with Crippen LogP contribution in [0.1, 0.15) is 37.0 Å². The zero-order valence-corrected chi connectivity index (χ0v) is 13.7. The van der Waals surface area contributed by atoms with Crippen LogP contribution < -0.4 is 5.32 Å². The number of hydrogen-bond donors (Lipinski definition) is 1. The summed E-state index contributed by atoms with van der Waals surface area (Å²) in [7, 11) is 0. The Bertz CT molecular complexity index is 509. The Morgan fingerprint density at radius 1 is 1.29 bits per heavy atom. The normalized spacial score (nSPS) is 10.3. The second-order valence-corrected chi connectivity index (χ2v) is 5.36. The molecule has 0 bridgehead atoms. The van der Waals surface area contributed by atoms with Gasteiger partial charge in [0.05, 0.1) is 17.1 Å². The van der Waals surface area contributed by atoms with E-state index in [9.17, 15) is 9.59 Å². The fourth-order valence-corrected chi connectivity index (χ4v) is 2.11. The fourth-order valence-electron chi connectivity index (χ4n) is 1.76. The lowest BCUT2D eigenvalue weighted by atomic mass is 10.2. The highest BCUT2D eigenvalue weighted by Gasteiger charge is 2.20. The maximum absolute atomic E-state index is 12.5. The van der Waals surface area contributed by atoms with Gasteiger partial charge in [-0.3, -0.25) is 9.59 Å². The number of rotatable bonds is 7. The average Bonchev–Trinajstić information content (AvgIpc) is 2.46. The number of carbonyl (C=O) groups excluding carboxylic acids is 2. The molecule has 0 radical (unpaired) electrons. The molecule has 5 nitrogen and oxygen atoms in total. The average molecular weight is 332 g/mol. The standard InChI is InChI=1S/C14H19Cl2N3O2/c1-3-5-17-13(20)9-19(6-4-2)14(21)10-7-12(16)18-8-11(10)15/h7-8H,3-6,9H2,1-2H3,(H,17,20). The van der Waals surface area contributed by atoms with Crippen molar-refractivity contribution in [2.24, 2.45) is 0 Å². The Morgan fingerprint density at radius 2 is 2.00 bits per heavy atom.